The largest absolute Gasteiger partial charge is 0.471 e. The number of thiophene rings is 1. The summed E-state index contributed by atoms with van der Waals surface area (Å²) in [5, 5.41) is 3.38. The summed E-state index contributed by atoms with van der Waals surface area (Å²) in [4.78, 5) is 19.0. The summed E-state index contributed by atoms with van der Waals surface area (Å²) in [6.45, 7) is 4.77. The van der Waals surface area contributed by atoms with Crippen LogP contribution in [0, 0.1) is 0 Å². The number of rotatable bonds is 5. The number of carbonyl (C=O) groups is 1. The maximum absolute atomic E-state index is 12.6. The van der Waals surface area contributed by atoms with Crippen LogP contribution >= 0.6 is 11.3 Å². The van der Waals surface area contributed by atoms with Gasteiger partial charge in [-0.1, -0.05) is 5.16 Å². The van der Waals surface area contributed by atoms with E-state index in [0.717, 1.165) is 11.3 Å². The average Bonchev–Trinajstić information content (AvgIpc) is 3.31. The number of amides is 1. The van der Waals surface area contributed by atoms with Gasteiger partial charge in [-0.3, -0.25) is 4.79 Å². The first kappa shape index (κ1) is 18.8. The predicted octanol–water partition coefficient (Wildman–Crippen LogP) is 3.73. The second kappa shape index (κ2) is 7.36. The predicted molar refractivity (Wildman–Crippen MR) is 87.3 cm³/mol. The van der Waals surface area contributed by atoms with Crippen LogP contribution in [0.15, 0.2) is 16.7 Å². The van der Waals surface area contributed by atoms with E-state index in [4.69, 9.17) is 4.74 Å². The van der Waals surface area contributed by atoms with E-state index in [9.17, 15) is 18.0 Å². The van der Waals surface area contributed by atoms with E-state index in [-0.39, 0.29) is 17.8 Å². The lowest BCUT2D eigenvalue weighted by Gasteiger charge is -2.28. The smallest absolute Gasteiger partial charge is 0.368 e. The van der Waals surface area contributed by atoms with E-state index in [1.165, 1.54) is 11.3 Å². The van der Waals surface area contributed by atoms with E-state index in [1.54, 1.807) is 17.0 Å². The number of aromatic nitrogens is 2. The number of alkyl halides is 3. The molecule has 1 amide bonds. The molecule has 1 unspecified atom stereocenters. The van der Waals surface area contributed by atoms with Gasteiger partial charge in [0.15, 0.2) is 0 Å². The third-order valence-electron chi connectivity index (χ3n) is 3.99. The van der Waals surface area contributed by atoms with Crippen LogP contribution in [0.25, 0.3) is 10.7 Å². The Labute approximate surface area is 151 Å². The van der Waals surface area contributed by atoms with Crippen molar-refractivity contribution in [3.8, 4) is 10.7 Å². The molecule has 1 fully saturated rings. The third kappa shape index (κ3) is 4.07. The minimum Gasteiger partial charge on any atom is -0.368 e. The number of nitrogens with zero attached hydrogens (tertiary/aromatic N) is 3. The molecule has 0 bridgehead atoms. The van der Waals surface area contributed by atoms with E-state index in [0.29, 0.717) is 24.4 Å². The van der Waals surface area contributed by atoms with Crippen LogP contribution in [0.1, 0.15) is 37.5 Å². The van der Waals surface area contributed by atoms with Gasteiger partial charge in [0.05, 0.1) is 11.4 Å². The molecule has 2 aromatic rings. The molecule has 1 saturated heterocycles. The third-order valence-corrected chi connectivity index (χ3v) is 5.05. The molecule has 0 radical (unpaired) electrons. The Morgan fingerprint density at radius 3 is 2.77 bits per heavy atom. The number of hydrogen-bond acceptors (Lipinski definition) is 6. The maximum atomic E-state index is 12.6. The van der Waals surface area contributed by atoms with Gasteiger partial charge in [-0.2, -0.15) is 18.2 Å². The highest BCUT2D eigenvalue weighted by atomic mass is 32.1. The molecule has 2 aromatic heterocycles. The Kier molecular flexibility index (Phi) is 5.33. The van der Waals surface area contributed by atoms with Gasteiger partial charge >= 0.3 is 12.1 Å². The van der Waals surface area contributed by atoms with Crippen molar-refractivity contribution in [3.63, 3.8) is 0 Å². The minimum absolute atomic E-state index is 0.0285. The highest BCUT2D eigenvalue weighted by Gasteiger charge is 2.38. The number of hydrogen-bond donors (Lipinski definition) is 0. The Bertz CT molecular complexity index is 766. The first-order valence-electron chi connectivity index (χ1n) is 8.18. The Morgan fingerprint density at radius 2 is 2.19 bits per heavy atom. The maximum Gasteiger partial charge on any atom is 0.471 e. The molecule has 142 valence electrons. The van der Waals surface area contributed by atoms with Gasteiger partial charge in [0.25, 0.3) is 5.91 Å². The van der Waals surface area contributed by atoms with Crippen molar-refractivity contribution < 1.29 is 27.2 Å². The Hall–Kier alpha value is -1.94. The normalized spacial score (nSPS) is 17.8. The van der Waals surface area contributed by atoms with Gasteiger partial charge in [-0.25, -0.2) is 0 Å². The summed E-state index contributed by atoms with van der Waals surface area (Å²) in [6.07, 6.45) is -3.51. The van der Waals surface area contributed by atoms with Crippen molar-refractivity contribution in [1.82, 2.24) is 15.0 Å². The first-order chi connectivity index (χ1) is 12.3. The van der Waals surface area contributed by atoms with Gasteiger partial charge in [-0.15, -0.1) is 11.3 Å². The van der Waals surface area contributed by atoms with Crippen LogP contribution in [0.2, 0.25) is 0 Å². The van der Waals surface area contributed by atoms with E-state index in [2.05, 4.69) is 14.7 Å². The molecule has 0 saturated carbocycles. The highest BCUT2D eigenvalue weighted by Crippen LogP contribution is 2.32. The molecule has 0 aromatic carbocycles. The van der Waals surface area contributed by atoms with Crippen LogP contribution in [0.4, 0.5) is 13.2 Å². The lowest BCUT2D eigenvalue weighted by molar-refractivity contribution is -0.159. The van der Waals surface area contributed by atoms with Crippen molar-refractivity contribution in [1.29, 1.82) is 0 Å². The SMILES string of the molecule is CC(C)N(Cc1ccc(-c2noc(C(F)(F)F)n2)s1)C(=O)C1CCCO1. The van der Waals surface area contributed by atoms with Crippen LogP contribution in [-0.2, 0) is 22.3 Å². The Balaban J connectivity index is 1.74. The summed E-state index contributed by atoms with van der Waals surface area (Å²) in [7, 11) is 0. The zero-order chi connectivity index (χ0) is 18.9. The van der Waals surface area contributed by atoms with Gasteiger partial charge in [-0.05, 0) is 38.8 Å². The molecule has 3 rings (SSSR count). The van der Waals surface area contributed by atoms with Crippen molar-refractivity contribution in [3.05, 3.63) is 22.9 Å². The minimum atomic E-state index is -4.67. The van der Waals surface area contributed by atoms with Crippen molar-refractivity contribution in [2.24, 2.45) is 0 Å². The molecule has 0 spiro atoms. The molecule has 3 heterocycles. The van der Waals surface area contributed by atoms with E-state index in [1.807, 2.05) is 13.8 Å². The molecule has 6 nitrogen and oxygen atoms in total. The molecule has 0 N–H and O–H groups in total. The van der Waals surface area contributed by atoms with Gasteiger partial charge in [0.2, 0.25) is 5.82 Å². The van der Waals surface area contributed by atoms with Crippen LogP contribution < -0.4 is 0 Å². The fraction of sp³-hybridized carbons (Fsp3) is 0.562. The second-order valence-electron chi connectivity index (χ2n) is 6.25. The topological polar surface area (TPSA) is 68.5 Å². The molecular weight excluding hydrogens is 371 g/mol. The van der Waals surface area contributed by atoms with Crippen molar-refractivity contribution in [2.45, 2.75) is 51.6 Å². The molecule has 26 heavy (non-hydrogen) atoms. The van der Waals surface area contributed by atoms with Gasteiger partial charge in [0, 0.05) is 17.5 Å². The monoisotopic (exact) mass is 389 g/mol. The number of carbonyl (C=O) groups excluding carboxylic acids is 1. The lowest BCUT2D eigenvalue weighted by atomic mass is 10.2. The number of ether oxygens (including phenoxy) is 1. The zero-order valence-corrected chi connectivity index (χ0v) is 15.1. The lowest BCUT2D eigenvalue weighted by Crippen LogP contribution is -2.42. The molecule has 0 aliphatic carbocycles. The van der Waals surface area contributed by atoms with E-state index >= 15 is 0 Å². The average molecular weight is 389 g/mol. The summed E-state index contributed by atoms with van der Waals surface area (Å²) in [6, 6.07) is 3.35. The fourth-order valence-corrected chi connectivity index (χ4v) is 3.59. The Morgan fingerprint density at radius 1 is 1.42 bits per heavy atom. The van der Waals surface area contributed by atoms with Crippen LogP contribution in [0.3, 0.4) is 0 Å². The summed E-state index contributed by atoms with van der Waals surface area (Å²) < 4.78 is 47.4. The summed E-state index contributed by atoms with van der Waals surface area (Å²) >= 11 is 1.23. The van der Waals surface area contributed by atoms with Crippen molar-refractivity contribution in [2.75, 3.05) is 6.61 Å². The van der Waals surface area contributed by atoms with Crippen molar-refractivity contribution >= 4 is 17.2 Å². The van der Waals surface area contributed by atoms with E-state index < -0.39 is 18.2 Å². The van der Waals surface area contributed by atoms with Gasteiger partial charge in [0.1, 0.15) is 6.10 Å². The quantitative estimate of drug-likeness (QED) is 0.779. The summed E-state index contributed by atoms with van der Waals surface area (Å²) in [5.41, 5.74) is 0. The molecule has 1 aliphatic rings. The highest BCUT2D eigenvalue weighted by molar-refractivity contribution is 7.15. The second-order valence-corrected chi connectivity index (χ2v) is 7.42. The number of halogens is 3. The van der Waals surface area contributed by atoms with Gasteiger partial charge < -0.3 is 14.2 Å². The standard InChI is InChI=1S/C16H18F3N3O3S/c1-9(2)22(14(23)11-4-3-7-24-11)8-10-5-6-12(26-10)13-20-15(25-21-13)16(17,18)19/h5-6,9,11H,3-4,7-8H2,1-2H3. The van der Waals surface area contributed by atoms with Crippen LogP contribution in [0.5, 0.6) is 0 Å². The molecule has 10 heteroatoms. The first-order valence-corrected chi connectivity index (χ1v) is 8.99. The molecule has 1 aliphatic heterocycles. The summed E-state index contributed by atoms with van der Waals surface area (Å²) in [5.74, 6) is -1.55. The zero-order valence-electron chi connectivity index (χ0n) is 14.2. The fourth-order valence-electron chi connectivity index (χ4n) is 2.66. The molecule has 1 atom stereocenters. The molecular formula is C16H18F3N3O3S. The van der Waals surface area contributed by atoms with Crippen LogP contribution in [-0.4, -0.2) is 39.7 Å².